The fraction of sp³-hybridized carbons (Fsp3) is 0.533. The Morgan fingerprint density at radius 2 is 2.29 bits per heavy atom. The number of hydrogen-bond donors (Lipinski definition) is 0. The number of Topliss-reactive ketones (excluding diaryl/α,β-unsaturated/α-hetero) is 1. The summed E-state index contributed by atoms with van der Waals surface area (Å²) in [6.07, 6.45) is 7.63. The van der Waals surface area contributed by atoms with Gasteiger partial charge >= 0.3 is 0 Å². The van der Waals surface area contributed by atoms with Crippen molar-refractivity contribution in [2.45, 2.75) is 25.4 Å². The summed E-state index contributed by atoms with van der Waals surface area (Å²) in [6, 6.07) is 0. The highest BCUT2D eigenvalue weighted by atomic mass is 16.6. The Bertz CT molecular complexity index is 442. The predicted octanol–water partition coefficient (Wildman–Crippen LogP) is 2.67. The van der Waals surface area contributed by atoms with Gasteiger partial charge in [-0.15, -0.1) is 13.2 Å². The number of carbonyl (C=O) groups excluding carboxylic acids is 1. The van der Waals surface area contributed by atoms with Gasteiger partial charge in [0.2, 0.25) is 0 Å². The Morgan fingerprint density at radius 1 is 1.59 bits per heavy atom. The van der Waals surface area contributed by atoms with Crippen LogP contribution in [0.2, 0.25) is 0 Å². The number of rotatable bonds is 3. The van der Waals surface area contributed by atoms with E-state index < -0.39 is 11.0 Å². The Morgan fingerprint density at radius 3 is 2.82 bits per heavy atom. The maximum atomic E-state index is 12.7. The van der Waals surface area contributed by atoms with Crippen molar-refractivity contribution in [3.8, 4) is 0 Å². The molecule has 1 spiro atoms. The van der Waals surface area contributed by atoms with Crippen LogP contribution in [0.1, 0.15) is 19.8 Å². The van der Waals surface area contributed by atoms with Gasteiger partial charge in [0.05, 0.1) is 12.0 Å². The number of ether oxygens (including phenoxy) is 1. The van der Waals surface area contributed by atoms with Crippen molar-refractivity contribution >= 4 is 5.78 Å². The van der Waals surface area contributed by atoms with E-state index in [1.807, 2.05) is 12.2 Å². The van der Waals surface area contributed by atoms with Crippen LogP contribution in [0, 0.1) is 17.3 Å². The molecule has 1 saturated carbocycles. The molecule has 2 nitrogen and oxygen atoms in total. The first-order valence-corrected chi connectivity index (χ1v) is 6.22. The summed E-state index contributed by atoms with van der Waals surface area (Å²) in [6.45, 7) is 10.4. The van der Waals surface area contributed by atoms with Crippen molar-refractivity contribution in [2.75, 3.05) is 6.61 Å². The van der Waals surface area contributed by atoms with Crippen molar-refractivity contribution in [3.63, 3.8) is 0 Å². The topological polar surface area (TPSA) is 29.6 Å². The van der Waals surface area contributed by atoms with E-state index in [4.69, 9.17) is 4.74 Å². The average molecular weight is 230 g/mol. The maximum Gasteiger partial charge on any atom is 0.178 e. The minimum Gasteiger partial charge on any atom is -0.361 e. The predicted molar refractivity (Wildman–Crippen MR) is 66.5 cm³/mol. The molecule has 0 amide bonds. The molecule has 0 aromatic carbocycles. The molecule has 3 aliphatic carbocycles. The number of epoxide rings is 1. The van der Waals surface area contributed by atoms with Gasteiger partial charge in [0, 0.05) is 5.92 Å². The van der Waals surface area contributed by atoms with Gasteiger partial charge in [-0.2, -0.15) is 0 Å². The lowest BCUT2D eigenvalue weighted by Gasteiger charge is -2.50. The molecule has 4 rings (SSSR count). The summed E-state index contributed by atoms with van der Waals surface area (Å²) < 4.78 is 5.56. The highest BCUT2D eigenvalue weighted by Gasteiger charge is 2.70. The van der Waals surface area contributed by atoms with Crippen LogP contribution in [0.15, 0.2) is 37.0 Å². The van der Waals surface area contributed by atoms with Crippen LogP contribution in [0.5, 0.6) is 0 Å². The highest BCUT2D eigenvalue weighted by Crippen LogP contribution is 2.61. The van der Waals surface area contributed by atoms with Crippen molar-refractivity contribution in [2.24, 2.45) is 17.3 Å². The van der Waals surface area contributed by atoms with Crippen LogP contribution in [0.3, 0.4) is 0 Å². The number of carbonyl (C=O) groups is 1. The lowest BCUT2D eigenvalue weighted by Crippen LogP contribution is -2.57. The van der Waals surface area contributed by atoms with E-state index in [1.165, 1.54) is 5.57 Å². The summed E-state index contributed by atoms with van der Waals surface area (Å²) in [4.78, 5) is 12.7. The molecule has 17 heavy (non-hydrogen) atoms. The number of ketones is 1. The van der Waals surface area contributed by atoms with Gasteiger partial charge in [0.15, 0.2) is 11.4 Å². The van der Waals surface area contributed by atoms with Gasteiger partial charge in [0.1, 0.15) is 0 Å². The van der Waals surface area contributed by atoms with E-state index >= 15 is 0 Å². The van der Waals surface area contributed by atoms with E-state index in [2.05, 4.69) is 26.2 Å². The zero-order valence-electron chi connectivity index (χ0n) is 10.2. The lowest BCUT2D eigenvalue weighted by atomic mass is 9.51. The normalized spacial score (nSPS) is 46.9. The summed E-state index contributed by atoms with van der Waals surface area (Å²) in [5, 5.41) is 0. The zero-order chi connectivity index (χ0) is 12.3. The fourth-order valence-corrected chi connectivity index (χ4v) is 3.87. The lowest BCUT2D eigenvalue weighted by molar-refractivity contribution is -0.141. The van der Waals surface area contributed by atoms with Gasteiger partial charge in [0.25, 0.3) is 0 Å². The molecule has 1 heterocycles. The molecule has 2 unspecified atom stereocenters. The Hall–Kier alpha value is -1.15. The Labute approximate surface area is 102 Å². The highest BCUT2D eigenvalue weighted by molar-refractivity contribution is 6.00. The summed E-state index contributed by atoms with van der Waals surface area (Å²) in [5.74, 6) is 0.762. The minimum absolute atomic E-state index is 0.233. The molecule has 2 fully saturated rings. The van der Waals surface area contributed by atoms with Crippen LogP contribution < -0.4 is 0 Å². The van der Waals surface area contributed by atoms with Gasteiger partial charge in [-0.1, -0.05) is 23.8 Å². The van der Waals surface area contributed by atoms with Crippen molar-refractivity contribution in [3.05, 3.63) is 37.0 Å². The molecule has 4 aliphatic rings. The number of fused-ring (bicyclic) bond motifs is 1. The number of hydrogen-bond acceptors (Lipinski definition) is 2. The molecule has 4 atom stereocenters. The summed E-state index contributed by atoms with van der Waals surface area (Å²) in [7, 11) is 0. The quantitative estimate of drug-likeness (QED) is 0.551. The summed E-state index contributed by atoms with van der Waals surface area (Å²) >= 11 is 0. The van der Waals surface area contributed by atoms with Gasteiger partial charge < -0.3 is 4.74 Å². The van der Waals surface area contributed by atoms with E-state index in [-0.39, 0.29) is 17.6 Å². The summed E-state index contributed by atoms with van der Waals surface area (Å²) in [5.41, 5.74) is 0.391. The fourth-order valence-electron chi connectivity index (χ4n) is 3.87. The first kappa shape index (κ1) is 11.0. The third-order valence-corrected chi connectivity index (χ3v) is 4.78. The first-order chi connectivity index (χ1) is 8.10. The first-order valence-electron chi connectivity index (χ1n) is 6.22. The van der Waals surface area contributed by atoms with Crippen molar-refractivity contribution < 1.29 is 9.53 Å². The SMILES string of the molecule is C=CC[C@]12C=C(C)[C@H](CC1C=C)C1(CO1)C2=O. The Kier molecular flexibility index (Phi) is 2.06. The van der Waals surface area contributed by atoms with Crippen LogP contribution >= 0.6 is 0 Å². The zero-order valence-corrected chi connectivity index (χ0v) is 10.2. The standard InChI is InChI=1S/C15H18O2/c1-4-6-14-8-10(3)12(7-11(14)5-2)15(9-17-15)13(14)16/h4-5,8,11-12H,1-2,6-7,9H2,3H3/t11?,12-,14-,15?/m0/s1. The van der Waals surface area contributed by atoms with Crippen LogP contribution in [0.25, 0.3) is 0 Å². The molecular formula is C15H18O2. The second-order valence-electron chi connectivity index (χ2n) is 5.56. The van der Waals surface area contributed by atoms with Crippen LogP contribution in [0.4, 0.5) is 0 Å². The van der Waals surface area contributed by atoms with Crippen LogP contribution in [-0.4, -0.2) is 18.0 Å². The molecule has 0 N–H and O–H groups in total. The van der Waals surface area contributed by atoms with E-state index in [0.717, 1.165) is 6.42 Å². The molecule has 2 heteroatoms. The largest absolute Gasteiger partial charge is 0.361 e. The molecule has 2 bridgehead atoms. The Balaban J connectivity index is 2.16. The molecule has 1 saturated heterocycles. The third-order valence-electron chi connectivity index (χ3n) is 4.78. The van der Waals surface area contributed by atoms with Gasteiger partial charge in [-0.25, -0.2) is 0 Å². The van der Waals surface area contributed by atoms with Crippen molar-refractivity contribution in [1.82, 2.24) is 0 Å². The number of allylic oxidation sites excluding steroid dienone is 3. The molecule has 0 aromatic rings. The molecule has 0 radical (unpaired) electrons. The van der Waals surface area contributed by atoms with Crippen molar-refractivity contribution in [1.29, 1.82) is 0 Å². The van der Waals surface area contributed by atoms with E-state index in [1.54, 1.807) is 0 Å². The average Bonchev–Trinajstić information content (AvgIpc) is 3.08. The van der Waals surface area contributed by atoms with E-state index in [0.29, 0.717) is 13.0 Å². The minimum atomic E-state index is -0.485. The smallest absolute Gasteiger partial charge is 0.178 e. The van der Waals surface area contributed by atoms with E-state index in [9.17, 15) is 4.79 Å². The monoisotopic (exact) mass is 230 g/mol. The maximum absolute atomic E-state index is 12.7. The van der Waals surface area contributed by atoms with Gasteiger partial charge in [-0.05, 0) is 25.7 Å². The molecule has 0 aromatic heterocycles. The molecular weight excluding hydrogens is 212 g/mol. The van der Waals surface area contributed by atoms with Gasteiger partial charge in [-0.3, -0.25) is 4.79 Å². The van der Waals surface area contributed by atoms with Crippen LogP contribution in [-0.2, 0) is 9.53 Å². The molecule has 90 valence electrons. The second kappa shape index (κ2) is 3.20. The third kappa shape index (κ3) is 1.12. The molecule has 1 aliphatic heterocycles. The second-order valence-corrected chi connectivity index (χ2v) is 5.56.